The van der Waals surface area contributed by atoms with Crippen molar-refractivity contribution in [2.45, 2.75) is 85.2 Å². The normalized spacial score (nSPS) is 18.5. The number of pyridine rings is 1. The lowest BCUT2D eigenvalue weighted by Gasteiger charge is -2.31. The molecule has 10 heteroatoms. The maximum absolute atomic E-state index is 14.6. The van der Waals surface area contributed by atoms with Crippen molar-refractivity contribution in [2.75, 3.05) is 13.2 Å². The molecule has 0 N–H and O–H groups in total. The first kappa shape index (κ1) is 34.4. The Morgan fingerprint density at radius 2 is 1.86 bits per heavy atom. The molecule has 0 unspecified atom stereocenters. The van der Waals surface area contributed by atoms with Gasteiger partial charge in [-0.05, 0) is 86.6 Å². The van der Waals surface area contributed by atoms with Crippen LogP contribution in [-0.2, 0) is 35.6 Å². The second kappa shape index (κ2) is 13.9. The molecule has 10 nitrogen and oxygen atoms in total. The van der Waals surface area contributed by atoms with Gasteiger partial charge >= 0.3 is 6.09 Å². The number of hydrogen-bond donors (Lipinski definition) is 0. The molecule has 1 saturated heterocycles. The molecule has 0 bridgehead atoms. The van der Waals surface area contributed by atoms with E-state index in [1.807, 2.05) is 67.2 Å². The van der Waals surface area contributed by atoms with Crippen LogP contribution in [0.4, 0.5) is 4.79 Å². The van der Waals surface area contributed by atoms with Gasteiger partial charge in [-0.3, -0.25) is 14.7 Å². The van der Waals surface area contributed by atoms with Gasteiger partial charge in [-0.25, -0.2) is 14.4 Å². The molecule has 2 aliphatic heterocycles. The summed E-state index contributed by atoms with van der Waals surface area (Å²) >= 11 is 0. The van der Waals surface area contributed by atoms with Gasteiger partial charge in [0.15, 0.2) is 0 Å². The van der Waals surface area contributed by atoms with Crippen molar-refractivity contribution in [1.82, 2.24) is 29.8 Å². The van der Waals surface area contributed by atoms with E-state index in [0.717, 1.165) is 56.7 Å². The van der Waals surface area contributed by atoms with Crippen molar-refractivity contribution in [1.29, 1.82) is 0 Å². The highest BCUT2D eigenvalue weighted by Crippen LogP contribution is 2.39. The zero-order chi connectivity index (χ0) is 35.9. The van der Waals surface area contributed by atoms with Gasteiger partial charge < -0.3 is 9.47 Å². The fourth-order valence-electron chi connectivity index (χ4n) is 7.83. The Morgan fingerprint density at radius 1 is 1.06 bits per heavy atom. The summed E-state index contributed by atoms with van der Waals surface area (Å²) in [6.45, 7) is 15.4. The van der Waals surface area contributed by atoms with Crippen molar-refractivity contribution in [2.24, 2.45) is 5.92 Å². The highest BCUT2D eigenvalue weighted by molar-refractivity contribution is 5.95. The first-order chi connectivity index (χ1) is 24.5. The SMILES string of the molecule is CCn1nnc2c(C)c([C@H](c3ccc(C)c(CN4Cc5cnccc5OC(C)(C)C4)c3)[C@@H](C)C(=O)N3C(=O)OC[C@@H]3Cc3ccccc3)ccc21. The number of rotatable bonds is 9. The number of fused-ring (bicyclic) bond motifs is 2. The van der Waals surface area contributed by atoms with Crippen LogP contribution in [0.15, 0.2) is 79.1 Å². The summed E-state index contributed by atoms with van der Waals surface area (Å²) in [6.07, 6.45) is 3.60. The van der Waals surface area contributed by atoms with E-state index in [-0.39, 0.29) is 24.5 Å². The average Bonchev–Trinajstić information content (AvgIpc) is 3.67. The molecule has 0 spiro atoms. The van der Waals surface area contributed by atoms with Gasteiger partial charge in [0, 0.05) is 56.0 Å². The van der Waals surface area contributed by atoms with Crippen LogP contribution >= 0.6 is 0 Å². The third-order valence-electron chi connectivity index (χ3n) is 10.4. The first-order valence-electron chi connectivity index (χ1n) is 17.8. The number of aromatic nitrogens is 4. The van der Waals surface area contributed by atoms with Crippen molar-refractivity contribution < 1.29 is 19.1 Å². The molecule has 3 atom stereocenters. The second-order valence-corrected chi connectivity index (χ2v) is 14.6. The van der Waals surface area contributed by atoms with E-state index in [2.05, 4.69) is 72.2 Å². The summed E-state index contributed by atoms with van der Waals surface area (Å²) < 4.78 is 13.8. The maximum atomic E-state index is 14.6. The second-order valence-electron chi connectivity index (χ2n) is 14.6. The molecule has 3 aromatic carbocycles. The molecule has 2 aromatic heterocycles. The minimum atomic E-state index is -0.592. The van der Waals surface area contributed by atoms with Crippen molar-refractivity contribution in [3.8, 4) is 5.75 Å². The number of ether oxygens (including phenoxy) is 2. The molecule has 1 fully saturated rings. The molecule has 51 heavy (non-hydrogen) atoms. The summed E-state index contributed by atoms with van der Waals surface area (Å²) in [6, 6.07) is 22.1. The molecular weight excluding hydrogens is 640 g/mol. The van der Waals surface area contributed by atoms with E-state index in [4.69, 9.17) is 9.47 Å². The summed E-state index contributed by atoms with van der Waals surface area (Å²) in [5.74, 6) is -0.344. The highest BCUT2D eigenvalue weighted by Gasteiger charge is 2.42. The lowest BCUT2D eigenvalue weighted by molar-refractivity contribution is -0.133. The number of benzene rings is 3. The van der Waals surface area contributed by atoms with Gasteiger partial charge in [0.25, 0.3) is 0 Å². The Morgan fingerprint density at radius 3 is 2.65 bits per heavy atom. The zero-order valence-corrected chi connectivity index (χ0v) is 30.3. The number of cyclic esters (lactones) is 1. The smallest absolute Gasteiger partial charge is 0.416 e. The lowest BCUT2D eigenvalue weighted by Crippen LogP contribution is -2.44. The maximum Gasteiger partial charge on any atom is 0.416 e. The minimum Gasteiger partial charge on any atom is -0.486 e. The number of imide groups is 1. The largest absolute Gasteiger partial charge is 0.486 e. The fraction of sp³-hybridized carbons (Fsp3) is 0.390. The third kappa shape index (κ3) is 6.85. The van der Waals surface area contributed by atoms with Gasteiger partial charge in [0.05, 0.1) is 11.6 Å². The van der Waals surface area contributed by atoms with Crippen LogP contribution in [0, 0.1) is 19.8 Å². The van der Waals surface area contributed by atoms with Crippen molar-refractivity contribution >= 4 is 23.0 Å². The number of carbonyl (C=O) groups excluding carboxylic acids is 2. The first-order valence-corrected chi connectivity index (χ1v) is 17.8. The van der Waals surface area contributed by atoms with Gasteiger partial charge in [0.2, 0.25) is 5.91 Å². The Balaban J connectivity index is 1.27. The van der Waals surface area contributed by atoms with E-state index >= 15 is 0 Å². The summed E-state index contributed by atoms with van der Waals surface area (Å²) in [5, 5.41) is 8.93. The van der Waals surface area contributed by atoms with Gasteiger partial charge in [-0.2, -0.15) is 0 Å². The Kier molecular flexibility index (Phi) is 9.37. The van der Waals surface area contributed by atoms with Crippen LogP contribution in [0.5, 0.6) is 5.75 Å². The van der Waals surface area contributed by atoms with E-state index in [0.29, 0.717) is 26.1 Å². The fourth-order valence-corrected chi connectivity index (χ4v) is 7.83. The third-order valence-corrected chi connectivity index (χ3v) is 10.4. The van der Waals surface area contributed by atoms with Crippen LogP contribution in [0.1, 0.15) is 72.6 Å². The molecule has 5 aromatic rings. The monoisotopic (exact) mass is 686 g/mol. The molecule has 2 amide bonds. The number of hydrogen-bond acceptors (Lipinski definition) is 8. The number of nitrogens with zero attached hydrogens (tertiary/aromatic N) is 6. The van der Waals surface area contributed by atoms with E-state index in [1.165, 1.54) is 10.5 Å². The minimum absolute atomic E-state index is 0.172. The molecule has 7 rings (SSSR count). The molecule has 0 radical (unpaired) electrons. The number of carbonyl (C=O) groups is 2. The number of aryl methyl sites for hydroxylation is 3. The van der Waals surface area contributed by atoms with Crippen LogP contribution < -0.4 is 4.74 Å². The van der Waals surface area contributed by atoms with Crippen LogP contribution in [0.25, 0.3) is 11.0 Å². The average molecular weight is 687 g/mol. The highest BCUT2D eigenvalue weighted by atomic mass is 16.6. The molecule has 0 saturated carbocycles. The molecular formula is C41H46N6O4. The predicted octanol–water partition coefficient (Wildman–Crippen LogP) is 6.99. The van der Waals surface area contributed by atoms with Crippen LogP contribution in [0.2, 0.25) is 0 Å². The standard InChI is InChI=1S/C41H46N6O4/c1-7-46-35-16-15-34(27(3)38(35)43-44-46)37(28(4)39(48)47-33(24-50-40(47)49)19-29-11-9-8-10-12-29)30-14-13-26(2)31(20-30)22-45-23-32-21-42-18-17-36(32)51-41(5,6)25-45/h8-18,20-21,28,33,37H,7,19,22-25H2,1-6H3/t28-,33+,37+/m1/s1. The summed E-state index contributed by atoms with van der Waals surface area (Å²) in [5.41, 5.74) is 8.75. The Bertz CT molecular complexity index is 2080. The predicted molar refractivity (Wildman–Crippen MR) is 195 cm³/mol. The molecule has 2 aliphatic rings. The molecule has 0 aliphatic carbocycles. The van der Waals surface area contributed by atoms with Gasteiger partial charge in [-0.1, -0.05) is 66.7 Å². The molecule has 264 valence electrons. The summed E-state index contributed by atoms with van der Waals surface area (Å²) in [4.78, 5) is 36.0. The quantitative estimate of drug-likeness (QED) is 0.164. The van der Waals surface area contributed by atoms with Gasteiger partial charge in [0.1, 0.15) is 23.5 Å². The lowest BCUT2D eigenvalue weighted by atomic mass is 9.78. The van der Waals surface area contributed by atoms with Crippen molar-refractivity contribution in [3.63, 3.8) is 0 Å². The Hall–Kier alpha value is -5.09. The van der Waals surface area contributed by atoms with Crippen molar-refractivity contribution in [3.05, 3.63) is 118 Å². The number of amides is 2. The molecule has 4 heterocycles. The Labute approximate surface area is 299 Å². The van der Waals surface area contributed by atoms with E-state index in [1.54, 1.807) is 6.20 Å². The van der Waals surface area contributed by atoms with Gasteiger partial charge in [-0.15, -0.1) is 5.10 Å². The van der Waals surface area contributed by atoms with Crippen LogP contribution in [-0.4, -0.2) is 66.6 Å². The van der Waals surface area contributed by atoms with E-state index < -0.39 is 17.6 Å². The summed E-state index contributed by atoms with van der Waals surface area (Å²) in [7, 11) is 0. The topological polar surface area (TPSA) is 103 Å². The zero-order valence-electron chi connectivity index (χ0n) is 30.3. The van der Waals surface area contributed by atoms with Crippen LogP contribution in [0.3, 0.4) is 0 Å². The van der Waals surface area contributed by atoms with E-state index in [9.17, 15) is 9.59 Å².